The molecule has 4 rings (SSSR count). The molecular weight excluding hydrogens is 426 g/mol. The van der Waals surface area contributed by atoms with E-state index < -0.39 is 0 Å². The Morgan fingerprint density at radius 2 is 1.62 bits per heavy atom. The summed E-state index contributed by atoms with van der Waals surface area (Å²) in [5, 5.41) is 0.516. The second-order valence-electron chi connectivity index (χ2n) is 9.54. The molecule has 2 amide bonds. The van der Waals surface area contributed by atoms with Gasteiger partial charge in [-0.1, -0.05) is 30.9 Å². The van der Waals surface area contributed by atoms with Crippen molar-refractivity contribution in [2.24, 2.45) is 11.8 Å². The molecule has 0 bridgehead atoms. The Labute approximate surface area is 196 Å². The molecule has 1 saturated carbocycles. The molecule has 1 aromatic rings. The van der Waals surface area contributed by atoms with E-state index in [1.165, 1.54) is 38.6 Å². The van der Waals surface area contributed by atoms with Crippen molar-refractivity contribution in [3.63, 3.8) is 0 Å². The van der Waals surface area contributed by atoms with Crippen molar-refractivity contribution in [1.82, 2.24) is 14.7 Å². The normalized spacial score (nSPS) is 21.6. The Morgan fingerprint density at radius 1 is 0.938 bits per heavy atom. The molecule has 3 fully saturated rings. The largest absolute Gasteiger partial charge is 0.496 e. The van der Waals surface area contributed by atoms with Crippen LogP contribution in [0.5, 0.6) is 5.75 Å². The standard InChI is InChI=1S/C25H36ClN3O3/c1-32-23-8-7-21(26)17-22(23)25(31)28-11-9-20(10-12-28)24(30)29-15-13-27(14-16-29)18-19-5-3-2-4-6-19/h7-8,17,19-20H,2-6,9-16,18H2,1H3. The maximum atomic E-state index is 13.1. The first-order valence-corrected chi connectivity index (χ1v) is 12.6. The van der Waals surface area contributed by atoms with Crippen molar-refractivity contribution < 1.29 is 14.3 Å². The molecule has 2 aliphatic heterocycles. The maximum Gasteiger partial charge on any atom is 0.257 e. The average molecular weight is 462 g/mol. The molecule has 6 nitrogen and oxygen atoms in total. The molecule has 3 aliphatic rings. The molecule has 2 saturated heterocycles. The maximum absolute atomic E-state index is 13.1. The van der Waals surface area contributed by atoms with E-state index in [1.807, 2.05) is 4.90 Å². The SMILES string of the molecule is COc1ccc(Cl)cc1C(=O)N1CCC(C(=O)N2CCN(CC3CCCCC3)CC2)CC1. The van der Waals surface area contributed by atoms with Crippen molar-refractivity contribution in [2.45, 2.75) is 44.9 Å². The number of hydrogen-bond acceptors (Lipinski definition) is 4. The fraction of sp³-hybridized carbons (Fsp3) is 0.680. The summed E-state index contributed by atoms with van der Waals surface area (Å²) in [4.78, 5) is 32.5. The van der Waals surface area contributed by atoms with Crippen LogP contribution in [-0.4, -0.2) is 79.4 Å². The van der Waals surface area contributed by atoms with Crippen LogP contribution in [0, 0.1) is 11.8 Å². The summed E-state index contributed by atoms with van der Waals surface area (Å²) in [5.74, 6) is 1.60. The second kappa shape index (κ2) is 10.9. The Kier molecular flexibility index (Phi) is 7.95. The number of carbonyl (C=O) groups is 2. The highest BCUT2D eigenvalue weighted by molar-refractivity contribution is 6.31. The van der Waals surface area contributed by atoms with Gasteiger partial charge in [-0.2, -0.15) is 0 Å². The summed E-state index contributed by atoms with van der Waals surface area (Å²) in [7, 11) is 1.56. The molecule has 2 heterocycles. The third-order valence-electron chi connectivity index (χ3n) is 7.45. The van der Waals surface area contributed by atoms with Crippen LogP contribution in [0.3, 0.4) is 0 Å². The zero-order valence-electron chi connectivity index (χ0n) is 19.2. The number of methoxy groups -OCH3 is 1. The fourth-order valence-corrected chi connectivity index (χ4v) is 5.66. The average Bonchev–Trinajstić information content (AvgIpc) is 2.84. The summed E-state index contributed by atoms with van der Waals surface area (Å²) >= 11 is 6.09. The number of ether oxygens (including phenoxy) is 1. The first-order valence-electron chi connectivity index (χ1n) is 12.2. The van der Waals surface area contributed by atoms with Gasteiger partial charge in [0.05, 0.1) is 12.7 Å². The number of likely N-dealkylation sites (tertiary alicyclic amines) is 1. The van der Waals surface area contributed by atoms with E-state index in [0.717, 1.165) is 44.9 Å². The highest BCUT2D eigenvalue weighted by Gasteiger charge is 2.33. The van der Waals surface area contributed by atoms with Gasteiger partial charge in [-0.05, 0) is 49.8 Å². The molecule has 0 radical (unpaired) electrons. The molecule has 176 valence electrons. The van der Waals surface area contributed by atoms with E-state index in [0.29, 0.717) is 29.4 Å². The van der Waals surface area contributed by atoms with E-state index in [-0.39, 0.29) is 17.7 Å². The van der Waals surface area contributed by atoms with E-state index in [4.69, 9.17) is 16.3 Å². The minimum Gasteiger partial charge on any atom is -0.496 e. The van der Waals surface area contributed by atoms with Gasteiger partial charge in [-0.3, -0.25) is 14.5 Å². The molecular formula is C25H36ClN3O3. The molecule has 0 atom stereocenters. The number of nitrogens with zero attached hydrogens (tertiary/aromatic N) is 3. The van der Waals surface area contributed by atoms with E-state index in [9.17, 15) is 9.59 Å². The number of piperidine rings is 1. The van der Waals surface area contributed by atoms with Crippen molar-refractivity contribution in [3.05, 3.63) is 28.8 Å². The number of piperazine rings is 1. The van der Waals surface area contributed by atoms with Crippen molar-refractivity contribution >= 4 is 23.4 Å². The Balaban J connectivity index is 1.24. The van der Waals surface area contributed by atoms with Gasteiger partial charge in [-0.25, -0.2) is 0 Å². The lowest BCUT2D eigenvalue weighted by atomic mass is 9.89. The molecule has 0 spiro atoms. The predicted molar refractivity (Wildman–Crippen MR) is 126 cm³/mol. The molecule has 0 N–H and O–H groups in total. The topological polar surface area (TPSA) is 53.1 Å². The van der Waals surface area contributed by atoms with Gasteiger partial charge in [0.2, 0.25) is 5.91 Å². The van der Waals surface area contributed by atoms with Crippen molar-refractivity contribution in [3.8, 4) is 5.75 Å². The lowest BCUT2D eigenvalue weighted by Gasteiger charge is -2.40. The summed E-state index contributed by atoms with van der Waals surface area (Å²) < 4.78 is 5.34. The zero-order valence-corrected chi connectivity index (χ0v) is 20.0. The number of hydrogen-bond donors (Lipinski definition) is 0. The van der Waals surface area contributed by atoms with Crippen LogP contribution in [0.1, 0.15) is 55.3 Å². The van der Waals surface area contributed by atoms with Gasteiger partial charge in [0.1, 0.15) is 5.75 Å². The van der Waals surface area contributed by atoms with Crippen LogP contribution in [0.2, 0.25) is 5.02 Å². The molecule has 0 aromatic heterocycles. The molecule has 1 aliphatic carbocycles. The number of amides is 2. The number of rotatable bonds is 5. The van der Waals surface area contributed by atoms with Crippen LogP contribution < -0.4 is 4.74 Å². The van der Waals surface area contributed by atoms with Gasteiger partial charge in [0, 0.05) is 56.8 Å². The minimum absolute atomic E-state index is 0.0187. The van der Waals surface area contributed by atoms with Crippen LogP contribution in [-0.2, 0) is 4.79 Å². The van der Waals surface area contributed by atoms with E-state index in [2.05, 4.69) is 9.80 Å². The first kappa shape index (κ1) is 23.4. The molecule has 1 aromatic carbocycles. The van der Waals surface area contributed by atoms with Gasteiger partial charge in [0.25, 0.3) is 5.91 Å². The minimum atomic E-state index is -0.0772. The molecule has 7 heteroatoms. The lowest BCUT2D eigenvalue weighted by molar-refractivity contribution is -0.138. The number of carbonyl (C=O) groups excluding carboxylic acids is 2. The molecule has 0 unspecified atom stereocenters. The van der Waals surface area contributed by atoms with Crippen LogP contribution >= 0.6 is 11.6 Å². The van der Waals surface area contributed by atoms with Crippen molar-refractivity contribution in [1.29, 1.82) is 0 Å². The van der Waals surface area contributed by atoms with Crippen molar-refractivity contribution in [2.75, 3.05) is 52.9 Å². The highest BCUT2D eigenvalue weighted by atomic mass is 35.5. The summed E-state index contributed by atoms with van der Waals surface area (Å²) in [6, 6.07) is 5.10. The van der Waals surface area contributed by atoms with Gasteiger partial charge in [0.15, 0.2) is 0 Å². The molecule has 32 heavy (non-hydrogen) atoms. The number of halogens is 1. The third kappa shape index (κ3) is 5.57. The predicted octanol–water partition coefficient (Wildman–Crippen LogP) is 3.93. The highest BCUT2D eigenvalue weighted by Crippen LogP contribution is 2.28. The Hall–Kier alpha value is -1.79. The van der Waals surface area contributed by atoms with Crippen LogP contribution in [0.4, 0.5) is 0 Å². The monoisotopic (exact) mass is 461 g/mol. The number of benzene rings is 1. The fourth-order valence-electron chi connectivity index (χ4n) is 5.49. The smallest absolute Gasteiger partial charge is 0.257 e. The zero-order chi connectivity index (χ0) is 22.5. The van der Waals surface area contributed by atoms with Gasteiger partial charge >= 0.3 is 0 Å². The van der Waals surface area contributed by atoms with Gasteiger partial charge in [-0.15, -0.1) is 0 Å². The Morgan fingerprint density at radius 3 is 2.28 bits per heavy atom. The first-order chi connectivity index (χ1) is 15.5. The quantitative estimate of drug-likeness (QED) is 0.666. The Bertz CT molecular complexity index is 796. The van der Waals surface area contributed by atoms with Crippen LogP contribution in [0.25, 0.3) is 0 Å². The lowest BCUT2D eigenvalue weighted by Crippen LogP contribution is -2.52. The third-order valence-corrected chi connectivity index (χ3v) is 7.68. The van der Waals surface area contributed by atoms with Gasteiger partial charge < -0.3 is 14.5 Å². The summed E-state index contributed by atoms with van der Waals surface area (Å²) in [6.07, 6.45) is 8.35. The van der Waals surface area contributed by atoms with E-state index in [1.54, 1.807) is 25.3 Å². The summed E-state index contributed by atoms with van der Waals surface area (Å²) in [6.45, 7) is 6.05. The second-order valence-corrected chi connectivity index (χ2v) is 9.98. The summed E-state index contributed by atoms with van der Waals surface area (Å²) in [5.41, 5.74) is 0.485. The van der Waals surface area contributed by atoms with Crippen LogP contribution in [0.15, 0.2) is 18.2 Å². The van der Waals surface area contributed by atoms with E-state index >= 15 is 0 Å².